The molecule has 7 heteroatoms. The van der Waals surface area contributed by atoms with Gasteiger partial charge in [0.15, 0.2) is 6.73 Å². The molecule has 3 rings (SSSR count). The lowest BCUT2D eigenvalue weighted by molar-refractivity contribution is -0.870. The van der Waals surface area contributed by atoms with Crippen LogP contribution in [0.2, 0.25) is 0 Å². The van der Waals surface area contributed by atoms with Gasteiger partial charge in [-0.3, -0.25) is 4.79 Å². The van der Waals surface area contributed by atoms with Gasteiger partial charge in [-0.15, -0.1) is 11.3 Å². The minimum atomic E-state index is -0.725. The minimum Gasteiger partial charge on any atom is -0.386 e. The fourth-order valence-corrected chi connectivity index (χ4v) is 3.65. The standard InChI is InChI=1S/C17H21N2O4S/c20-11-18-4-6-19(12-21,7-5-18)13-23-10-16(22)14-1-2-17-15(9-14)3-8-24-17/h1-3,8-9,11-12,16,22H,4-7,10,13H2/q+1. The maximum absolute atomic E-state index is 11.5. The molecule has 2 heterocycles. The number of hydrogen-bond acceptors (Lipinski definition) is 5. The number of nitrogens with zero attached hydrogens (tertiary/aromatic N) is 2. The summed E-state index contributed by atoms with van der Waals surface area (Å²) in [6, 6.07) is 7.89. The van der Waals surface area contributed by atoms with Crippen molar-refractivity contribution in [1.82, 2.24) is 4.90 Å². The molecule has 0 spiro atoms. The van der Waals surface area contributed by atoms with Gasteiger partial charge < -0.3 is 14.7 Å². The SMILES string of the molecule is O=CN1CC[N+](C=O)(COCC(O)c2ccc3sccc3c2)CC1. The Morgan fingerprint density at radius 2 is 2.08 bits per heavy atom. The summed E-state index contributed by atoms with van der Waals surface area (Å²) in [4.78, 5) is 23.9. The molecule has 1 aliphatic rings. The van der Waals surface area contributed by atoms with Crippen molar-refractivity contribution in [2.45, 2.75) is 6.10 Å². The van der Waals surface area contributed by atoms with Crippen molar-refractivity contribution in [3.8, 4) is 0 Å². The Balaban J connectivity index is 1.54. The second kappa shape index (κ2) is 7.40. The molecule has 1 saturated heterocycles. The van der Waals surface area contributed by atoms with E-state index in [0.717, 1.165) is 23.8 Å². The third-order valence-electron chi connectivity index (χ3n) is 4.52. The predicted octanol–water partition coefficient (Wildman–Crippen LogP) is 1.35. The average Bonchev–Trinajstić information content (AvgIpc) is 3.10. The first-order chi connectivity index (χ1) is 11.7. The number of fused-ring (bicyclic) bond motifs is 1. The highest BCUT2D eigenvalue weighted by atomic mass is 32.1. The highest BCUT2D eigenvalue weighted by Gasteiger charge is 2.33. The molecule has 24 heavy (non-hydrogen) atoms. The van der Waals surface area contributed by atoms with E-state index in [1.54, 1.807) is 16.2 Å². The van der Waals surface area contributed by atoms with Gasteiger partial charge in [0.1, 0.15) is 19.2 Å². The highest BCUT2D eigenvalue weighted by Crippen LogP contribution is 2.25. The van der Waals surface area contributed by atoms with Gasteiger partial charge in [0.2, 0.25) is 6.41 Å². The molecule has 0 bridgehead atoms. The summed E-state index contributed by atoms with van der Waals surface area (Å²) in [5.74, 6) is 0. The van der Waals surface area contributed by atoms with E-state index in [1.807, 2.05) is 29.6 Å². The van der Waals surface area contributed by atoms with Crippen molar-refractivity contribution >= 4 is 34.2 Å². The Hall–Kier alpha value is -1.80. The lowest BCUT2D eigenvalue weighted by Gasteiger charge is -2.38. The van der Waals surface area contributed by atoms with Crippen LogP contribution < -0.4 is 0 Å². The lowest BCUT2D eigenvalue weighted by Crippen LogP contribution is -2.59. The monoisotopic (exact) mass is 349 g/mol. The van der Waals surface area contributed by atoms with E-state index >= 15 is 0 Å². The Morgan fingerprint density at radius 3 is 2.79 bits per heavy atom. The van der Waals surface area contributed by atoms with Crippen LogP contribution in [0.3, 0.4) is 0 Å². The molecule has 2 aromatic rings. The molecule has 1 aromatic carbocycles. The Kier molecular flexibility index (Phi) is 5.25. The highest BCUT2D eigenvalue weighted by molar-refractivity contribution is 7.17. The quantitative estimate of drug-likeness (QED) is 0.605. The van der Waals surface area contributed by atoms with E-state index in [0.29, 0.717) is 26.2 Å². The number of quaternary nitrogens is 1. The molecule has 0 radical (unpaired) electrons. The van der Waals surface area contributed by atoms with Gasteiger partial charge in [0.25, 0.3) is 0 Å². The van der Waals surface area contributed by atoms with E-state index in [1.165, 1.54) is 4.70 Å². The van der Waals surface area contributed by atoms with Gasteiger partial charge in [-0.05, 0) is 34.5 Å². The first-order valence-corrected chi connectivity index (χ1v) is 8.78. The first kappa shape index (κ1) is 17.0. The van der Waals surface area contributed by atoms with Crippen molar-refractivity contribution < 1.29 is 23.9 Å². The topological polar surface area (TPSA) is 66.8 Å². The van der Waals surface area contributed by atoms with Crippen LogP contribution in [0.5, 0.6) is 0 Å². The summed E-state index contributed by atoms with van der Waals surface area (Å²) in [5, 5.41) is 13.4. The number of thiophene rings is 1. The molecule has 1 aliphatic heterocycles. The number of ether oxygens (including phenoxy) is 1. The fourth-order valence-electron chi connectivity index (χ4n) is 2.88. The third-order valence-corrected chi connectivity index (χ3v) is 5.42. The summed E-state index contributed by atoms with van der Waals surface area (Å²) in [6.45, 7) is 2.53. The number of aliphatic hydroxyl groups excluding tert-OH is 1. The summed E-state index contributed by atoms with van der Waals surface area (Å²) in [6.07, 6.45) is 0.965. The van der Waals surface area contributed by atoms with Gasteiger partial charge in [-0.25, -0.2) is 9.28 Å². The number of piperazine rings is 1. The van der Waals surface area contributed by atoms with Crippen LogP contribution >= 0.6 is 11.3 Å². The number of benzene rings is 1. The maximum atomic E-state index is 11.5. The Morgan fingerprint density at radius 1 is 1.29 bits per heavy atom. The summed E-state index contributed by atoms with van der Waals surface area (Å²) >= 11 is 1.67. The molecule has 1 atom stereocenters. The largest absolute Gasteiger partial charge is 0.386 e. The molecule has 0 aliphatic carbocycles. The van der Waals surface area contributed by atoms with E-state index in [4.69, 9.17) is 4.74 Å². The molecule has 1 unspecified atom stereocenters. The summed E-state index contributed by atoms with van der Waals surface area (Å²) in [5.41, 5.74) is 0.810. The van der Waals surface area contributed by atoms with Crippen molar-refractivity contribution in [2.24, 2.45) is 0 Å². The number of hydrogen-bond donors (Lipinski definition) is 1. The first-order valence-electron chi connectivity index (χ1n) is 7.90. The number of aliphatic hydroxyl groups is 1. The zero-order chi connectivity index (χ0) is 17.0. The second-order valence-corrected chi connectivity index (χ2v) is 7.09. The van der Waals surface area contributed by atoms with Crippen LogP contribution in [0.25, 0.3) is 10.1 Å². The average molecular weight is 349 g/mol. The summed E-state index contributed by atoms with van der Waals surface area (Å²) in [7, 11) is 0. The van der Waals surface area contributed by atoms with Crippen LogP contribution in [0.4, 0.5) is 0 Å². The van der Waals surface area contributed by atoms with E-state index < -0.39 is 6.10 Å². The molecule has 1 aromatic heterocycles. The zero-order valence-electron chi connectivity index (χ0n) is 13.3. The Bertz CT molecular complexity index is 709. The van der Waals surface area contributed by atoms with Crippen molar-refractivity contribution in [3.05, 3.63) is 35.2 Å². The van der Waals surface area contributed by atoms with Crippen LogP contribution in [0, 0.1) is 0 Å². The molecular formula is C17H21N2O4S+. The van der Waals surface area contributed by atoms with Gasteiger partial charge in [-0.1, -0.05) is 6.07 Å². The lowest BCUT2D eigenvalue weighted by atomic mass is 10.1. The number of rotatable bonds is 7. The van der Waals surface area contributed by atoms with Gasteiger partial charge in [-0.2, -0.15) is 0 Å². The number of amides is 2. The molecular weight excluding hydrogens is 328 g/mol. The molecule has 128 valence electrons. The minimum absolute atomic E-state index is 0.140. The smallest absolute Gasteiger partial charge is 0.303 e. The Labute approximate surface area is 144 Å². The molecule has 1 N–H and O–H groups in total. The van der Waals surface area contributed by atoms with Crippen LogP contribution in [0.15, 0.2) is 29.6 Å². The predicted molar refractivity (Wildman–Crippen MR) is 91.3 cm³/mol. The van der Waals surface area contributed by atoms with Crippen molar-refractivity contribution in [2.75, 3.05) is 39.5 Å². The fraction of sp³-hybridized carbons (Fsp3) is 0.412. The molecule has 1 fully saturated rings. The summed E-state index contributed by atoms with van der Waals surface area (Å²) < 4.78 is 6.99. The van der Waals surface area contributed by atoms with Gasteiger partial charge in [0, 0.05) is 4.70 Å². The molecule has 0 saturated carbocycles. The van der Waals surface area contributed by atoms with Gasteiger partial charge >= 0.3 is 6.41 Å². The second-order valence-electron chi connectivity index (χ2n) is 6.15. The zero-order valence-corrected chi connectivity index (χ0v) is 14.2. The van der Waals surface area contributed by atoms with E-state index in [9.17, 15) is 14.7 Å². The maximum Gasteiger partial charge on any atom is 0.303 e. The van der Waals surface area contributed by atoms with Crippen LogP contribution in [-0.2, 0) is 14.3 Å². The van der Waals surface area contributed by atoms with Crippen LogP contribution in [0.1, 0.15) is 11.7 Å². The third kappa shape index (κ3) is 3.64. The number of carbonyl (C=O) groups excluding carboxylic acids is 2. The van der Waals surface area contributed by atoms with E-state index in [-0.39, 0.29) is 17.8 Å². The van der Waals surface area contributed by atoms with Crippen LogP contribution in [-0.4, -0.2) is 66.8 Å². The normalized spacial score (nSPS) is 18.5. The number of carbonyl (C=O) groups is 2. The van der Waals surface area contributed by atoms with Gasteiger partial charge in [0.05, 0.1) is 19.7 Å². The van der Waals surface area contributed by atoms with Crippen molar-refractivity contribution in [3.63, 3.8) is 0 Å². The molecule has 2 amide bonds. The molecule has 6 nitrogen and oxygen atoms in total. The van der Waals surface area contributed by atoms with E-state index in [2.05, 4.69) is 0 Å². The van der Waals surface area contributed by atoms with Crippen molar-refractivity contribution in [1.29, 1.82) is 0 Å².